The molecule has 0 spiro atoms. The van der Waals surface area contributed by atoms with Crippen molar-refractivity contribution in [1.29, 1.82) is 0 Å². The van der Waals surface area contributed by atoms with Crippen LogP contribution in [-0.4, -0.2) is 41.3 Å². The van der Waals surface area contributed by atoms with E-state index in [1.165, 1.54) is 0 Å². The van der Waals surface area contributed by atoms with Gasteiger partial charge in [0.05, 0.1) is 13.3 Å². The maximum Gasteiger partial charge on any atom is 0.0894 e. The molecule has 1 aliphatic heterocycles. The van der Waals surface area contributed by atoms with Crippen LogP contribution in [0.5, 0.6) is 0 Å². The van der Waals surface area contributed by atoms with Crippen LogP contribution in [0.4, 0.5) is 0 Å². The number of β-amino-alcohol motifs (C(OH)–C–C–N with tert-alkyl or cyclic N) is 1. The molecule has 0 amide bonds. The Morgan fingerprint density at radius 3 is 2.60 bits per heavy atom. The zero-order valence-electron chi connectivity index (χ0n) is 6.32. The molecule has 1 rings (SSSR count). The van der Waals surface area contributed by atoms with E-state index in [-0.39, 0.29) is 6.61 Å². The molecule has 3 heteroatoms. The van der Waals surface area contributed by atoms with Crippen LogP contribution >= 0.6 is 0 Å². The van der Waals surface area contributed by atoms with Gasteiger partial charge in [-0.25, -0.2) is 0 Å². The van der Waals surface area contributed by atoms with Gasteiger partial charge in [0.15, 0.2) is 0 Å². The van der Waals surface area contributed by atoms with Gasteiger partial charge in [-0.05, 0) is 6.92 Å². The van der Waals surface area contributed by atoms with Crippen LogP contribution in [-0.2, 0) is 0 Å². The Morgan fingerprint density at radius 1 is 1.40 bits per heavy atom. The lowest BCUT2D eigenvalue weighted by atomic mass is 10.6. The predicted molar refractivity (Wildman–Crippen MR) is 40.2 cm³/mol. The largest absolute Gasteiger partial charge is 0.395 e. The molecule has 3 nitrogen and oxygen atoms in total. The molecule has 0 aromatic rings. The van der Waals surface area contributed by atoms with E-state index in [0.717, 1.165) is 19.8 Å². The zero-order valence-corrected chi connectivity index (χ0v) is 6.32. The lowest BCUT2D eigenvalue weighted by Gasteiger charge is -2.18. The highest BCUT2D eigenvalue weighted by Crippen LogP contribution is 2.03. The van der Waals surface area contributed by atoms with Crippen LogP contribution in [0.3, 0.4) is 0 Å². The molecule has 0 atom stereocenters. The van der Waals surface area contributed by atoms with Crippen molar-refractivity contribution >= 4 is 0 Å². The number of rotatable bonds is 3. The summed E-state index contributed by atoms with van der Waals surface area (Å²) in [6.45, 7) is 5.07. The van der Waals surface area contributed by atoms with E-state index >= 15 is 0 Å². The van der Waals surface area contributed by atoms with Crippen LogP contribution in [0.15, 0.2) is 12.4 Å². The molecule has 0 radical (unpaired) electrons. The molecular formula is C7H14N2O. The number of aliphatic hydroxyl groups is 1. The number of hydrogen-bond donors (Lipinski definition) is 1. The van der Waals surface area contributed by atoms with Crippen molar-refractivity contribution < 1.29 is 5.11 Å². The Labute approximate surface area is 61.5 Å². The Morgan fingerprint density at radius 2 is 2.10 bits per heavy atom. The van der Waals surface area contributed by atoms with E-state index in [2.05, 4.69) is 22.9 Å². The fraction of sp³-hybridized carbons (Fsp3) is 0.714. The van der Waals surface area contributed by atoms with Gasteiger partial charge in [0.25, 0.3) is 0 Å². The average Bonchev–Trinajstić information content (AvgIpc) is 2.37. The van der Waals surface area contributed by atoms with Crippen molar-refractivity contribution in [2.24, 2.45) is 0 Å². The van der Waals surface area contributed by atoms with Crippen LogP contribution in [0, 0.1) is 0 Å². The third-order valence-electron chi connectivity index (χ3n) is 1.64. The molecule has 0 aliphatic carbocycles. The van der Waals surface area contributed by atoms with Gasteiger partial charge in [-0.2, -0.15) is 0 Å². The Kier molecular flexibility index (Phi) is 2.57. The standard InChI is InChI=1S/C7H14N2O/c1-2-8-3-4-9(7-8)5-6-10/h3-4,10H,2,5-7H2,1H3. The fourth-order valence-corrected chi connectivity index (χ4v) is 0.995. The molecule has 0 aromatic carbocycles. The molecule has 1 N–H and O–H groups in total. The van der Waals surface area contributed by atoms with E-state index < -0.39 is 0 Å². The smallest absolute Gasteiger partial charge is 0.0894 e. The van der Waals surface area contributed by atoms with Crippen LogP contribution in [0.25, 0.3) is 0 Å². The number of nitrogens with zero attached hydrogens (tertiary/aromatic N) is 2. The minimum absolute atomic E-state index is 0.238. The Bertz CT molecular complexity index is 125. The van der Waals surface area contributed by atoms with Crippen LogP contribution < -0.4 is 0 Å². The molecule has 0 saturated heterocycles. The van der Waals surface area contributed by atoms with Gasteiger partial charge in [0.2, 0.25) is 0 Å². The topological polar surface area (TPSA) is 26.7 Å². The highest BCUT2D eigenvalue weighted by molar-refractivity contribution is 4.89. The lowest BCUT2D eigenvalue weighted by Crippen LogP contribution is -2.27. The van der Waals surface area contributed by atoms with E-state index in [1.807, 2.05) is 6.20 Å². The summed E-state index contributed by atoms with van der Waals surface area (Å²) in [6.07, 6.45) is 4.06. The molecule has 0 fully saturated rings. The minimum atomic E-state index is 0.238. The second kappa shape index (κ2) is 3.46. The first-order valence-corrected chi connectivity index (χ1v) is 3.64. The minimum Gasteiger partial charge on any atom is -0.395 e. The molecule has 0 aromatic heterocycles. The number of aliphatic hydroxyl groups excluding tert-OH is 1. The summed E-state index contributed by atoms with van der Waals surface area (Å²) in [5.74, 6) is 0. The molecule has 1 aliphatic rings. The highest BCUT2D eigenvalue weighted by Gasteiger charge is 2.07. The molecule has 0 saturated carbocycles. The second-order valence-corrected chi connectivity index (χ2v) is 2.38. The second-order valence-electron chi connectivity index (χ2n) is 2.38. The van der Waals surface area contributed by atoms with E-state index in [4.69, 9.17) is 5.11 Å². The zero-order chi connectivity index (χ0) is 7.40. The van der Waals surface area contributed by atoms with Gasteiger partial charge in [-0.15, -0.1) is 0 Å². The highest BCUT2D eigenvalue weighted by atomic mass is 16.3. The van der Waals surface area contributed by atoms with Gasteiger partial charge in [0.1, 0.15) is 0 Å². The predicted octanol–water partition coefficient (Wildman–Crippen LogP) is 0.0449. The van der Waals surface area contributed by atoms with E-state index in [0.29, 0.717) is 0 Å². The van der Waals surface area contributed by atoms with Gasteiger partial charge in [-0.1, -0.05) is 0 Å². The normalized spacial score (nSPS) is 17.0. The molecule has 10 heavy (non-hydrogen) atoms. The number of hydrogen-bond acceptors (Lipinski definition) is 3. The van der Waals surface area contributed by atoms with Gasteiger partial charge in [-0.3, -0.25) is 0 Å². The summed E-state index contributed by atoms with van der Waals surface area (Å²) in [6, 6.07) is 0. The third kappa shape index (κ3) is 1.64. The van der Waals surface area contributed by atoms with Crippen LogP contribution in [0.1, 0.15) is 6.92 Å². The lowest BCUT2D eigenvalue weighted by molar-refractivity contribution is 0.209. The van der Waals surface area contributed by atoms with Gasteiger partial charge in [0, 0.05) is 25.5 Å². The molecule has 58 valence electrons. The first-order chi connectivity index (χ1) is 4.86. The Hall–Kier alpha value is -0.700. The van der Waals surface area contributed by atoms with Gasteiger partial charge < -0.3 is 14.9 Å². The molecule has 0 unspecified atom stereocenters. The Balaban J connectivity index is 2.24. The fourth-order valence-electron chi connectivity index (χ4n) is 0.995. The monoisotopic (exact) mass is 142 g/mol. The first-order valence-electron chi connectivity index (χ1n) is 3.64. The summed E-state index contributed by atoms with van der Waals surface area (Å²) in [4.78, 5) is 4.28. The molecular weight excluding hydrogens is 128 g/mol. The van der Waals surface area contributed by atoms with Gasteiger partial charge >= 0.3 is 0 Å². The van der Waals surface area contributed by atoms with Crippen molar-refractivity contribution in [1.82, 2.24) is 9.80 Å². The first kappa shape index (κ1) is 7.41. The summed E-state index contributed by atoms with van der Waals surface area (Å²) in [5, 5.41) is 8.59. The summed E-state index contributed by atoms with van der Waals surface area (Å²) < 4.78 is 0. The van der Waals surface area contributed by atoms with Crippen molar-refractivity contribution in [3.8, 4) is 0 Å². The molecule has 0 bridgehead atoms. The van der Waals surface area contributed by atoms with Crippen LogP contribution in [0.2, 0.25) is 0 Å². The summed E-state index contributed by atoms with van der Waals surface area (Å²) in [5.41, 5.74) is 0. The van der Waals surface area contributed by atoms with Crippen molar-refractivity contribution in [3.05, 3.63) is 12.4 Å². The SMILES string of the molecule is CCN1C=CN(CCO)C1. The van der Waals surface area contributed by atoms with E-state index in [1.54, 1.807) is 0 Å². The average molecular weight is 142 g/mol. The maximum atomic E-state index is 8.59. The quantitative estimate of drug-likeness (QED) is 0.603. The van der Waals surface area contributed by atoms with E-state index in [9.17, 15) is 0 Å². The van der Waals surface area contributed by atoms with Crippen molar-refractivity contribution in [2.45, 2.75) is 6.92 Å². The van der Waals surface area contributed by atoms with Crippen molar-refractivity contribution in [3.63, 3.8) is 0 Å². The maximum absolute atomic E-state index is 8.59. The third-order valence-corrected chi connectivity index (χ3v) is 1.64. The summed E-state index contributed by atoms with van der Waals surface area (Å²) in [7, 11) is 0. The van der Waals surface area contributed by atoms with Crippen molar-refractivity contribution in [2.75, 3.05) is 26.4 Å². The summed E-state index contributed by atoms with van der Waals surface area (Å²) >= 11 is 0. The molecule has 1 heterocycles.